The van der Waals surface area contributed by atoms with Crippen LogP contribution < -0.4 is 9.64 Å². The molecule has 5 heteroatoms. The summed E-state index contributed by atoms with van der Waals surface area (Å²) >= 11 is 0. The average molecular weight is 285 g/mol. The Morgan fingerprint density at radius 3 is 2.62 bits per heavy atom. The molecular formula is C16H19N3O2. The monoisotopic (exact) mass is 285 g/mol. The molecule has 0 radical (unpaired) electrons. The van der Waals surface area contributed by atoms with E-state index < -0.39 is 0 Å². The van der Waals surface area contributed by atoms with Gasteiger partial charge >= 0.3 is 0 Å². The Labute approximate surface area is 124 Å². The summed E-state index contributed by atoms with van der Waals surface area (Å²) in [5, 5.41) is 18.2. The number of rotatable bonds is 3. The Kier molecular flexibility index (Phi) is 4.01. The molecule has 2 aromatic rings. The number of nitrogens with zero attached hydrogens (tertiary/aromatic N) is 3. The van der Waals surface area contributed by atoms with Gasteiger partial charge in [-0.05, 0) is 37.1 Å². The SMILES string of the molecule is COc1cccc(-c2ccc(N3CCC(O)CC3)nn2)c1. The van der Waals surface area contributed by atoms with Crippen LogP contribution in [-0.2, 0) is 0 Å². The van der Waals surface area contributed by atoms with Crippen molar-refractivity contribution in [1.29, 1.82) is 0 Å². The van der Waals surface area contributed by atoms with Crippen LogP contribution in [0.25, 0.3) is 11.3 Å². The summed E-state index contributed by atoms with van der Waals surface area (Å²) in [4.78, 5) is 2.16. The quantitative estimate of drug-likeness (QED) is 0.936. The first-order chi connectivity index (χ1) is 10.3. The van der Waals surface area contributed by atoms with Crippen molar-refractivity contribution in [3.8, 4) is 17.0 Å². The molecular weight excluding hydrogens is 266 g/mol. The van der Waals surface area contributed by atoms with Crippen molar-refractivity contribution < 1.29 is 9.84 Å². The molecule has 1 aliphatic heterocycles. The number of methoxy groups -OCH3 is 1. The minimum Gasteiger partial charge on any atom is -0.497 e. The lowest BCUT2D eigenvalue weighted by molar-refractivity contribution is 0.145. The molecule has 0 amide bonds. The molecule has 0 unspecified atom stereocenters. The first-order valence-corrected chi connectivity index (χ1v) is 7.17. The van der Waals surface area contributed by atoms with Crippen LogP contribution >= 0.6 is 0 Å². The molecule has 1 fully saturated rings. The first kappa shape index (κ1) is 13.8. The van der Waals surface area contributed by atoms with Crippen LogP contribution in [0.1, 0.15) is 12.8 Å². The third-order valence-corrected chi connectivity index (χ3v) is 3.80. The van der Waals surface area contributed by atoms with E-state index in [0.29, 0.717) is 0 Å². The molecule has 110 valence electrons. The standard InChI is InChI=1S/C16H19N3O2/c1-21-14-4-2-3-12(11-14)15-5-6-16(18-17-15)19-9-7-13(20)8-10-19/h2-6,11,13,20H,7-10H2,1H3. The Bertz CT molecular complexity index is 593. The normalized spacial score (nSPS) is 16.0. The highest BCUT2D eigenvalue weighted by molar-refractivity contribution is 5.61. The van der Waals surface area contributed by atoms with Crippen molar-refractivity contribution in [2.45, 2.75) is 18.9 Å². The molecule has 1 N–H and O–H groups in total. The molecule has 3 rings (SSSR count). The summed E-state index contributed by atoms with van der Waals surface area (Å²) in [6.45, 7) is 1.66. The van der Waals surface area contributed by atoms with Gasteiger partial charge in [-0.25, -0.2) is 0 Å². The van der Waals surface area contributed by atoms with Crippen molar-refractivity contribution in [3.05, 3.63) is 36.4 Å². The second kappa shape index (κ2) is 6.10. The van der Waals surface area contributed by atoms with E-state index in [2.05, 4.69) is 15.1 Å². The van der Waals surface area contributed by atoms with Crippen LogP contribution in [-0.4, -0.2) is 41.6 Å². The third-order valence-electron chi connectivity index (χ3n) is 3.80. The molecule has 0 saturated carbocycles. The van der Waals surface area contributed by atoms with E-state index in [1.165, 1.54) is 0 Å². The highest BCUT2D eigenvalue weighted by Crippen LogP contribution is 2.23. The van der Waals surface area contributed by atoms with Crippen LogP contribution in [0.2, 0.25) is 0 Å². The molecule has 21 heavy (non-hydrogen) atoms. The maximum atomic E-state index is 9.54. The lowest BCUT2D eigenvalue weighted by Crippen LogP contribution is -2.36. The van der Waals surface area contributed by atoms with Gasteiger partial charge in [0, 0.05) is 18.7 Å². The fourth-order valence-electron chi connectivity index (χ4n) is 2.53. The second-order valence-corrected chi connectivity index (χ2v) is 5.23. The maximum absolute atomic E-state index is 9.54. The van der Waals surface area contributed by atoms with Gasteiger partial charge in [0.1, 0.15) is 5.75 Å². The minimum absolute atomic E-state index is 0.176. The number of hydrogen-bond donors (Lipinski definition) is 1. The topological polar surface area (TPSA) is 58.5 Å². The van der Waals surface area contributed by atoms with Gasteiger partial charge in [0.05, 0.1) is 18.9 Å². The molecule has 2 heterocycles. The van der Waals surface area contributed by atoms with E-state index >= 15 is 0 Å². The minimum atomic E-state index is -0.176. The van der Waals surface area contributed by atoms with E-state index in [1.807, 2.05) is 36.4 Å². The maximum Gasteiger partial charge on any atom is 0.151 e. The fraction of sp³-hybridized carbons (Fsp3) is 0.375. The highest BCUT2D eigenvalue weighted by Gasteiger charge is 2.18. The van der Waals surface area contributed by atoms with Crippen LogP contribution in [0.4, 0.5) is 5.82 Å². The van der Waals surface area contributed by atoms with Crippen molar-refractivity contribution in [2.24, 2.45) is 0 Å². The number of benzene rings is 1. The largest absolute Gasteiger partial charge is 0.497 e. The molecule has 0 aliphatic carbocycles. The van der Waals surface area contributed by atoms with Crippen LogP contribution in [0, 0.1) is 0 Å². The van der Waals surface area contributed by atoms with Gasteiger partial charge < -0.3 is 14.7 Å². The second-order valence-electron chi connectivity index (χ2n) is 5.23. The van der Waals surface area contributed by atoms with Crippen molar-refractivity contribution in [3.63, 3.8) is 0 Å². The molecule has 0 atom stereocenters. The van der Waals surface area contributed by atoms with Crippen molar-refractivity contribution in [1.82, 2.24) is 10.2 Å². The van der Waals surface area contributed by atoms with Crippen molar-refractivity contribution >= 4 is 5.82 Å². The fourth-order valence-corrected chi connectivity index (χ4v) is 2.53. The number of anilines is 1. The lowest BCUT2D eigenvalue weighted by atomic mass is 10.1. The Hall–Kier alpha value is -2.14. The first-order valence-electron chi connectivity index (χ1n) is 7.17. The zero-order valence-corrected chi connectivity index (χ0v) is 12.1. The van der Waals surface area contributed by atoms with E-state index in [1.54, 1.807) is 7.11 Å². The Morgan fingerprint density at radius 2 is 1.95 bits per heavy atom. The van der Waals surface area contributed by atoms with Crippen LogP contribution in [0.15, 0.2) is 36.4 Å². The number of aromatic nitrogens is 2. The van der Waals surface area contributed by atoms with Gasteiger partial charge in [-0.15, -0.1) is 10.2 Å². The van der Waals surface area contributed by atoms with Crippen LogP contribution in [0.5, 0.6) is 5.75 Å². The third kappa shape index (κ3) is 3.13. The summed E-state index contributed by atoms with van der Waals surface area (Å²) in [5.74, 6) is 1.68. The summed E-state index contributed by atoms with van der Waals surface area (Å²) in [5.41, 5.74) is 1.82. The molecule has 1 saturated heterocycles. The number of aliphatic hydroxyl groups is 1. The van der Waals surface area contributed by atoms with Gasteiger partial charge in [0.25, 0.3) is 0 Å². The number of ether oxygens (including phenoxy) is 1. The van der Waals surface area contributed by atoms with E-state index in [-0.39, 0.29) is 6.10 Å². The molecule has 1 aliphatic rings. The molecule has 5 nitrogen and oxygen atoms in total. The summed E-state index contributed by atoms with van der Waals surface area (Å²) in [7, 11) is 1.65. The average Bonchev–Trinajstić information content (AvgIpc) is 2.56. The lowest BCUT2D eigenvalue weighted by Gasteiger charge is -2.30. The molecule has 1 aromatic carbocycles. The smallest absolute Gasteiger partial charge is 0.151 e. The summed E-state index contributed by atoms with van der Waals surface area (Å²) < 4.78 is 5.23. The molecule has 0 spiro atoms. The number of hydrogen-bond acceptors (Lipinski definition) is 5. The van der Waals surface area contributed by atoms with Crippen LogP contribution in [0.3, 0.4) is 0 Å². The van der Waals surface area contributed by atoms with Gasteiger partial charge in [-0.1, -0.05) is 12.1 Å². The predicted octanol–water partition coefficient (Wildman–Crippen LogP) is 2.11. The Morgan fingerprint density at radius 1 is 1.14 bits per heavy atom. The van der Waals surface area contributed by atoms with Crippen molar-refractivity contribution in [2.75, 3.05) is 25.1 Å². The van der Waals surface area contributed by atoms with Gasteiger partial charge in [0.2, 0.25) is 0 Å². The van der Waals surface area contributed by atoms with Gasteiger partial charge in [0.15, 0.2) is 5.82 Å². The van der Waals surface area contributed by atoms with E-state index in [4.69, 9.17) is 4.74 Å². The predicted molar refractivity (Wildman–Crippen MR) is 81.5 cm³/mol. The summed E-state index contributed by atoms with van der Waals surface area (Å²) in [6, 6.07) is 11.7. The molecule has 1 aromatic heterocycles. The van der Waals surface area contributed by atoms with Gasteiger partial charge in [-0.2, -0.15) is 0 Å². The van der Waals surface area contributed by atoms with E-state index in [0.717, 1.165) is 48.8 Å². The zero-order valence-electron chi connectivity index (χ0n) is 12.1. The Balaban J connectivity index is 1.77. The summed E-state index contributed by atoms with van der Waals surface area (Å²) in [6.07, 6.45) is 1.41. The molecule has 0 bridgehead atoms. The highest BCUT2D eigenvalue weighted by atomic mass is 16.5. The number of aliphatic hydroxyl groups excluding tert-OH is 1. The van der Waals surface area contributed by atoms with Gasteiger partial charge in [-0.3, -0.25) is 0 Å². The number of piperidine rings is 1. The van der Waals surface area contributed by atoms with E-state index in [9.17, 15) is 5.11 Å². The zero-order chi connectivity index (χ0) is 14.7.